The lowest BCUT2D eigenvalue weighted by atomic mass is 9.96. The zero-order valence-electron chi connectivity index (χ0n) is 26.8. The van der Waals surface area contributed by atoms with E-state index < -0.39 is 17.7 Å². The number of aliphatic hydroxyl groups excluding tert-OH is 1. The fourth-order valence-corrected chi connectivity index (χ4v) is 7.27. The molecule has 0 bridgehead atoms. The predicted octanol–water partition coefficient (Wildman–Crippen LogP) is 7.38. The number of aliphatic hydroxyl groups is 1. The third-order valence-electron chi connectivity index (χ3n) is 7.79. The number of pyridine rings is 1. The molecule has 0 aliphatic carbocycles. The summed E-state index contributed by atoms with van der Waals surface area (Å²) in [5, 5.41) is 20.7. The molecule has 48 heavy (non-hydrogen) atoms. The molecule has 2 aromatic carbocycles. The maximum absolute atomic E-state index is 13.9. The summed E-state index contributed by atoms with van der Waals surface area (Å²) in [6, 6.07) is 15.8. The summed E-state index contributed by atoms with van der Waals surface area (Å²) < 4.78 is 27.6. The van der Waals surface area contributed by atoms with Crippen molar-refractivity contribution >= 4 is 51.3 Å². The molecule has 1 aliphatic rings. The molecule has 1 unspecified atom stereocenters. The van der Waals surface area contributed by atoms with E-state index in [4.69, 9.17) is 9.47 Å². The molecule has 13 heteroatoms. The number of rotatable bonds is 12. The number of benzene rings is 2. The molecule has 1 atom stereocenters. The van der Waals surface area contributed by atoms with E-state index in [0.29, 0.717) is 63.3 Å². The minimum Gasteiger partial charge on any atom is -0.505 e. The topological polar surface area (TPSA) is 119 Å². The Morgan fingerprint density at radius 3 is 2.60 bits per heavy atom. The highest BCUT2D eigenvalue weighted by Crippen LogP contribution is 2.46. The fourth-order valence-electron chi connectivity index (χ4n) is 5.44. The van der Waals surface area contributed by atoms with Crippen LogP contribution in [-0.2, 0) is 15.3 Å². The monoisotopic (exact) mass is 687 g/mol. The van der Waals surface area contributed by atoms with Crippen LogP contribution in [0, 0.1) is 18.7 Å². The van der Waals surface area contributed by atoms with Crippen LogP contribution in [0.4, 0.5) is 9.52 Å². The van der Waals surface area contributed by atoms with E-state index in [2.05, 4.69) is 29.0 Å². The Hall–Kier alpha value is -4.75. The average molecular weight is 688 g/mol. The molecule has 0 spiro atoms. The van der Waals surface area contributed by atoms with Crippen LogP contribution in [0.5, 0.6) is 11.5 Å². The van der Waals surface area contributed by atoms with Gasteiger partial charge < -0.3 is 14.6 Å². The summed E-state index contributed by atoms with van der Waals surface area (Å²) in [5.74, 6) is -0.464. The number of fused-ring (bicyclic) bond motifs is 1. The molecule has 4 heterocycles. The van der Waals surface area contributed by atoms with Crippen molar-refractivity contribution in [3.63, 3.8) is 0 Å². The number of amides is 1. The number of hydrogen-bond acceptors (Lipinski definition) is 10. The van der Waals surface area contributed by atoms with Crippen LogP contribution in [-0.4, -0.2) is 49.6 Å². The van der Waals surface area contributed by atoms with Gasteiger partial charge in [0, 0.05) is 11.9 Å². The third kappa shape index (κ3) is 6.65. The number of imidazole rings is 1. The van der Waals surface area contributed by atoms with Gasteiger partial charge in [-0.15, -0.1) is 10.2 Å². The highest BCUT2D eigenvalue weighted by Gasteiger charge is 2.49. The Balaban J connectivity index is 1.44. The number of carbonyl (C=O) groups excluding carboxylic acids is 2. The van der Waals surface area contributed by atoms with Crippen molar-refractivity contribution in [1.82, 2.24) is 19.6 Å². The van der Waals surface area contributed by atoms with Crippen LogP contribution >= 0.6 is 23.1 Å². The van der Waals surface area contributed by atoms with Crippen molar-refractivity contribution in [3.8, 4) is 11.5 Å². The minimum atomic E-state index is -1.06. The van der Waals surface area contributed by atoms with Gasteiger partial charge in [0.05, 0.1) is 30.5 Å². The van der Waals surface area contributed by atoms with E-state index in [-0.39, 0.29) is 22.3 Å². The second-order valence-electron chi connectivity index (χ2n) is 11.6. The van der Waals surface area contributed by atoms with E-state index in [1.807, 2.05) is 13.0 Å². The molecule has 10 nitrogen and oxygen atoms in total. The summed E-state index contributed by atoms with van der Waals surface area (Å²) in [5.41, 5.74) is 2.66. The molecular weight excluding hydrogens is 654 g/mol. The van der Waals surface area contributed by atoms with Crippen molar-refractivity contribution in [1.29, 1.82) is 0 Å². The molecule has 6 rings (SSSR count). The Kier molecular flexibility index (Phi) is 9.78. The number of anilines is 1. The summed E-state index contributed by atoms with van der Waals surface area (Å²) in [6.45, 7) is 8.67. The van der Waals surface area contributed by atoms with Crippen molar-refractivity contribution < 1.29 is 28.6 Å². The van der Waals surface area contributed by atoms with Gasteiger partial charge in [0.15, 0.2) is 21.6 Å². The van der Waals surface area contributed by atoms with Crippen molar-refractivity contribution in [2.75, 3.05) is 18.1 Å². The van der Waals surface area contributed by atoms with E-state index in [0.717, 1.165) is 23.3 Å². The van der Waals surface area contributed by atoms with E-state index in [1.54, 1.807) is 60.0 Å². The second-order valence-corrected chi connectivity index (χ2v) is 13.8. The molecule has 1 aliphatic heterocycles. The number of hydrogen-bond donors (Lipinski definition) is 1. The van der Waals surface area contributed by atoms with Crippen molar-refractivity contribution in [2.45, 2.75) is 50.3 Å². The molecule has 1 amide bonds. The van der Waals surface area contributed by atoms with Gasteiger partial charge in [-0.2, -0.15) is 0 Å². The second kappa shape index (κ2) is 14.2. The van der Waals surface area contributed by atoms with Crippen LogP contribution in [0.25, 0.3) is 11.4 Å². The van der Waals surface area contributed by atoms with E-state index in [1.165, 1.54) is 28.8 Å². The van der Waals surface area contributed by atoms with Gasteiger partial charge in [0.1, 0.15) is 17.2 Å². The first-order valence-electron chi connectivity index (χ1n) is 15.5. The number of ketones is 1. The van der Waals surface area contributed by atoms with Crippen molar-refractivity contribution in [2.24, 2.45) is 5.92 Å². The van der Waals surface area contributed by atoms with Gasteiger partial charge in [-0.25, -0.2) is 9.37 Å². The van der Waals surface area contributed by atoms with Crippen LogP contribution < -0.4 is 14.4 Å². The first-order chi connectivity index (χ1) is 23.2. The Bertz CT molecular complexity index is 2010. The van der Waals surface area contributed by atoms with Crippen LogP contribution in [0.15, 0.2) is 76.8 Å². The van der Waals surface area contributed by atoms with Crippen LogP contribution in [0.2, 0.25) is 0 Å². The average Bonchev–Trinajstić information content (AvgIpc) is 3.74. The summed E-state index contributed by atoms with van der Waals surface area (Å²) in [4.78, 5) is 33.6. The molecular formula is C35H34FN5O5S2. The molecule has 248 valence electrons. The molecule has 0 saturated carbocycles. The summed E-state index contributed by atoms with van der Waals surface area (Å²) in [6.07, 6.45) is 2.59. The van der Waals surface area contributed by atoms with Gasteiger partial charge in [0.25, 0.3) is 5.78 Å². The summed E-state index contributed by atoms with van der Waals surface area (Å²) in [7, 11) is 0. The maximum atomic E-state index is 13.9. The normalized spacial score (nSPS) is 16.0. The number of carbonyl (C=O) groups is 2. The number of thioether (sulfide) groups is 1. The van der Waals surface area contributed by atoms with Gasteiger partial charge >= 0.3 is 5.91 Å². The standard InChI is InChI=1S/C35H34FN5O5S2/c1-5-45-26-18-23(11-14-25(26)46-17-15-20(2)3)30-28(31(42)29-21(4)37-27-8-6-7-16-40(27)29)32(43)33(44)41(30)34-38-39-35(48-34)47-19-22-9-12-24(36)13-10-22/h6-14,16,18,20,30,42H,5,15,17,19H2,1-4H3. The number of ether oxygens (including phenoxy) is 2. The first-order valence-corrected chi connectivity index (χ1v) is 17.3. The zero-order valence-corrected chi connectivity index (χ0v) is 28.5. The molecule has 1 saturated heterocycles. The maximum Gasteiger partial charge on any atom is 0.301 e. The van der Waals surface area contributed by atoms with Gasteiger partial charge in [-0.3, -0.25) is 18.9 Å². The lowest BCUT2D eigenvalue weighted by Gasteiger charge is -2.23. The number of aromatic nitrogens is 4. The van der Waals surface area contributed by atoms with E-state index >= 15 is 0 Å². The SMILES string of the molecule is CCOc1cc(C2C(=C(O)c3c(C)nc4ccccn34)C(=O)C(=O)N2c2nnc(SCc3ccc(F)cc3)s2)ccc1OCCC(C)C. The third-order valence-corrected chi connectivity index (χ3v) is 9.91. The zero-order chi connectivity index (χ0) is 33.9. The summed E-state index contributed by atoms with van der Waals surface area (Å²) >= 11 is 2.52. The lowest BCUT2D eigenvalue weighted by Crippen LogP contribution is -2.29. The highest BCUT2D eigenvalue weighted by atomic mass is 32.2. The van der Waals surface area contributed by atoms with Gasteiger partial charge in [0.2, 0.25) is 5.13 Å². The molecule has 5 aromatic rings. The quantitative estimate of drug-likeness (QED) is 0.0471. The Morgan fingerprint density at radius 1 is 1.06 bits per heavy atom. The number of Topliss-reactive ketones (excluding diaryl/α,β-unsaturated/α-hetero) is 1. The van der Waals surface area contributed by atoms with Gasteiger partial charge in [-0.05, 0) is 73.7 Å². The molecule has 3 aromatic heterocycles. The number of aryl methyl sites for hydroxylation is 1. The predicted molar refractivity (Wildman–Crippen MR) is 183 cm³/mol. The lowest BCUT2D eigenvalue weighted by molar-refractivity contribution is -0.132. The number of nitrogens with zero attached hydrogens (tertiary/aromatic N) is 5. The minimum absolute atomic E-state index is 0.111. The largest absolute Gasteiger partial charge is 0.505 e. The van der Waals surface area contributed by atoms with E-state index in [9.17, 15) is 19.1 Å². The molecule has 1 N–H and O–H groups in total. The highest BCUT2D eigenvalue weighted by molar-refractivity contribution is 8.00. The first kappa shape index (κ1) is 33.2. The Labute approximate surface area is 285 Å². The Morgan fingerprint density at radius 2 is 1.85 bits per heavy atom. The number of halogens is 1. The van der Waals surface area contributed by atoms with Crippen molar-refractivity contribution in [3.05, 3.63) is 101 Å². The molecule has 0 radical (unpaired) electrons. The smallest absolute Gasteiger partial charge is 0.301 e. The van der Waals surface area contributed by atoms with Gasteiger partial charge in [-0.1, -0.05) is 61.2 Å². The fraction of sp³-hybridized carbons (Fsp3) is 0.286. The van der Waals surface area contributed by atoms with Crippen LogP contribution in [0.1, 0.15) is 55.7 Å². The molecule has 1 fully saturated rings. The van der Waals surface area contributed by atoms with Crippen LogP contribution in [0.3, 0.4) is 0 Å².